The number of nitrogens with zero attached hydrogens (tertiary/aromatic N) is 1. The van der Waals surface area contributed by atoms with Gasteiger partial charge in [0.15, 0.2) is 0 Å². The predicted octanol–water partition coefficient (Wildman–Crippen LogP) is 3.47. The van der Waals surface area contributed by atoms with Crippen molar-refractivity contribution in [3.05, 3.63) is 70.8 Å². The van der Waals surface area contributed by atoms with Crippen LogP contribution < -0.4 is 5.32 Å². The second-order valence-electron chi connectivity index (χ2n) is 5.32. The van der Waals surface area contributed by atoms with E-state index in [1.165, 1.54) is 0 Å². The molecule has 1 N–H and O–H groups in total. The summed E-state index contributed by atoms with van der Waals surface area (Å²) in [5.74, 6) is 0. The fourth-order valence-corrected chi connectivity index (χ4v) is 2.74. The summed E-state index contributed by atoms with van der Waals surface area (Å²) in [6, 6.07) is 17.3. The molecule has 0 aromatic heterocycles. The number of nitrogens with one attached hydrogen (secondary N) is 1. The third-order valence-corrected chi connectivity index (χ3v) is 3.85. The van der Waals surface area contributed by atoms with Crippen LogP contribution in [-0.4, -0.2) is 6.09 Å². The van der Waals surface area contributed by atoms with Crippen LogP contribution >= 0.6 is 0 Å². The number of alkyl carbamates (subject to hydrolysis) is 1. The number of benzene rings is 2. The first-order valence-electron chi connectivity index (χ1n) is 7.26. The summed E-state index contributed by atoms with van der Waals surface area (Å²) in [4.78, 5) is 11.9. The van der Waals surface area contributed by atoms with Gasteiger partial charge < -0.3 is 10.1 Å². The average molecular weight is 292 g/mol. The first-order chi connectivity index (χ1) is 10.8. The fraction of sp³-hybridized carbons (Fsp3) is 0.222. The van der Waals surface area contributed by atoms with Crippen molar-refractivity contribution in [2.24, 2.45) is 0 Å². The topological polar surface area (TPSA) is 62.1 Å². The molecule has 0 bridgehead atoms. The highest BCUT2D eigenvalue weighted by Crippen LogP contribution is 2.31. The van der Waals surface area contributed by atoms with Crippen LogP contribution in [0, 0.1) is 11.3 Å². The van der Waals surface area contributed by atoms with Gasteiger partial charge in [-0.1, -0.05) is 36.4 Å². The molecular weight excluding hydrogens is 276 g/mol. The Balaban J connectivity index is 1.59. The van der Waals surface area contributed by atoms with E-state index in [2.05, 4.69) is 11.4 Å². The van der Waals surface area contributed by atoms with Crippen LogP contribution in [0.15, 0.2) is 48.5 Å². The van der Waals surface area contributed by atoms with Gasteiger partial charge in [0.25, 0.3) is 0 Å². The Kier molecular flexibility index (Phi) is 4.06. The minimum Gasteiger partial charge on any atom is -0.445 e. The normalized spacial score (nSPS) is 15.7. The van der Waals surface area contributed by atoms with Gasteiger partial charge in [-0.2, -0.15) is 5.26 Å². The van der Waals surface area contributed by atoms with Crippen molar-refractivity contribution < 1.29 is 9.53 Å². The van der Waals surface area contributed by atoms with Gasteiger partial charge in [0.2, 0.25) is 0 Å². The first kappa shape index (κ1) is 14.2. The van der Waals surface area contributed by atoms with Crippen LogP contribution in [0.3, 0.4) is 0 Å². The summed E-state index contributed by atoms with van der Waals surface area (Å²) in [7, 11) is 0. The molecule has 0 aliphatic heterocycles. The van der Waals surface area contributed by atoms with E-state index in [0.29, 0.717) is 5.56 Å². The summed E-state index contributed by atoms with van der Waals surface area (Å²) in [6.45, 7) is 0.264. The van der Waals surface area contributed by atoms with Crippen LogP contribution in [0.25, 0.3) is 0 Å². The number of ether oxygens (including phenoxy) is 1. The average Bonchev–Trinajstić information content (AvgIpc) is 2.96. The number of hydrogen-bond acceptors (Lipinski definition) is 3. The van der Waals surface area contributed by atoms with Crippen LogP contribution in [0.5, 0.6) is 0 Å². The second-order valence-corrected chi connectivity index (χ2v) is 5.32. The van der Waals surface area contributed by atoms with E-state index in [4.69, 9.17) is 10.00 Å². The van der Waals surface area contributed by atoms with Gasteiger partial charge in [-0.25, -0.2) is 4.79 Å². The quantitative estimate of drug-likeness (QED) is 0.942. The Labute approximate surface area is 129 Å². The van der Waals surface area contributed by atoms with Crippen molar-refractivity contribution in [1.29, 1.82) is 5.26 Å². The van der Waals surface area contributed by atoms with Crippen molar-refractivity contribution in [3.63, 3.8) is 0 Å². The lowest BCUT2D eigenvalue weighted by Gasteiger charge is -2.14. The monoisotopic (exact) mass is 292 g/mol. The predicted molar refractivity (Wildman–Crippen MR) is 82.0 cm³/mol. The SMILES string of the molecule is N#Cc1ccc2c(c1)CCC2NC(=O)OCc1ccccc1. The van der Waals surface area contributed by atoms with E-state index in [0.717, 1.165) is 29.5 Å². The molecule has 110 valence electrons. The van der Waals surface area contributed by atoms with Gasteiger partial charge in [0.05, 0.1) is 17.7 Å². The lowest BCUT2D eigenvalue weighted by atomic mass is 10.1. The van der Waals surface area contributed by atoms with Crippen molar-refractivity contribution in [2.45, 2.75) is 25.5 Å². The minimum atomic E-state index is -0.411. The molecule has 0 saturated heterocycles. The highest BCUT2D eigenvalue weighted by atomic mass is 16.5. The van der Waals surface area contributed by atoms with Gasteiger partial charge in [-0.3, -0.25) is 0 Å². The minimum absolute atomic E-state index is 0.0361. The highest BCUT2D eigenvalue weighted by molar-refractivity contribution is 5.68. The number of aryl methyl sites for hydroxylation is 1. The Morgan fingerprint density at radius 2 is 2.09 bits per heavy atom. The van der Waals surface area contributed by atoms with Gasteiger partial charge in [0, 0.05) is 0 Å². The molecule has 0 heterocycles. The lowest BCUT2D eigenvalue weighted by Crippen LogP contribution is -2.27. The molecule has 0 saturated carbocycles. The standard InChI is InChI=1S/C18H16N2O2/c19-11-14-6-8-16-15(10-14)7-9-17(16)20-18(21)22-12-13-4-2-1-3-5-13/h1-6,8,10,17H,7,9,12H2,(H,20,21). The Bertz CT molecular complexity index is 720. The van der Waals surface area contributed by atoms with Gasteiger partial charge in [0.1, 0.15) is 6.61 Å². The maximum Gasteiger partial charge on any atom is 0.407 e. The zero-order chi connectivity index (χ0) is 15.4. The molecule has 4 nitrogen and oxygen atoms in total. The Morgan fingerprint density at radius 3 is 2.86 bits per heavy atom. The summed E-state index contributed by atoms with van der Waals surface area (Å²) in [5.41, 5.74) is 3.83. The van der Waals surface area contributed by atoms with Crippen molar-refractivity contribution in [2.75, 3.05) is 0 Å². The molecule has 2 aromatic carbocycles. The molecule has 0 spiro atoms. The summed E-state index contributed by atoms with van der Waals surface area (Å²) >= 11 is 0. The molecule has 1 atom stereocenters. The van der Waals surface area contributed by atoms with Crippen molar-refractivity contribution in [1.82, 2.24) is 5.32 Å². The number of rotatable bonds is 3. The molecule has 0 radical (unpaired) electrons. The number of amides is 1. The van der Waals surface area contributed by atoms with E-state index in [1.54, 1.807) is 6.07 Å². The number of hydrogen-bond donors (Lipinski definition) is 1. The van der Waals surface area contributed by atoms with Crippen LogP contribution in [0.1, 0.15) is 34.7 Å². The molecule has 22 heavy (non-hydrogen) atoms. The number of nitriles is 1. The van der Waals surface area contributed by atoms with E-state index in [1.807, 2.05) is 42.5 Å². The molecule has 2 aromatic rings. The summed E-state index contributed by atoms with van der Waals surface area (Å²) in [6.07, 6.45) is 1.30. The maximum absolute atomic E-state index is 11.9. The Hall–Kier alpha value is -2.80. The molecule has 1 aliphatic carbocycles. The van der Waals surface area contributed by atoms with E-state index < -0.39 is 6.09 Å². The van der Waals surface area contributed by atoms with Crippen LogP contribution in [0.4, 0.5) is 4.79 Å². The maximum atomic E-state index is 11.9. The van der Waals surface area contributed by atoms with Gasteiger partial charge in [-0.05, 0) is 41.7 Å². The molecule has 3 rings (SSSR count). The van der Waals surface area contributed by atoms with Crippen LogP contribution in [-0.2, 0) is 17.8 Å². The van der Waals surface area contributed by atoms with E-state index >= 15 is 0 Å². The van der Waals surface area contributed by atoms with Crippen LogP contribution in [0.2, 0.25) is 0 Å². The smallest absolute Gasteiger partial charge is 0.407 e. The summed E-state index contributed by atoms with van der Waals surface area (Å²) in [5, 5.41) is 11.8. The first-order valence-corrected chi connectivity index (χ1v) is 7.26. The number of carbonyl (C=O) groups excluding carboxylic acids is 1. The number of fused-ring (bicyclic) bond motifs is 1. The third kappa shape index (κ3) is 3.09. The lowest BCUT2D eigenvalue weighted by molar-refractivity contribution is 0.135. The zero-order valence-electron chi connectivity index (χ0n) is 12.1. The largest absolute Gasteiger partial charge is 0.445 e. The van der Waals surface area contributed by atoms with Crippen molar-refractivity contribution in [3.8, 4) is 6.07 Å². The van der Waals surface area contributed by atoms with Gasteiger partial charge in [-0.15, -0.1) is 0 Å². The molecule has 1 unspecified atom stereocenters. The van der Waals surface area contributed by atoms with Gasteiger partial charge >= 0.3 is 6.09 Å². The third-order valence-electron chi connectivity index (χ3n) is 3.85. The Morgan fingerprint density at radius 1 is 1.27 bits per heavy atom. The highest BCUT2D eigenvalue weighted by Gasteiger charge is 2.24. The molecule has 4 heteroatoms. The van der Waals surface area contributed by atoms with Crippen molar-refractivity contribution >= 4 is 6.09 Å². The van der Waals surface area contributed by atoms with E-state index in [9.17, 15) is 4.79 Å². The second kappa shape index (κ2) is 6.31. The molecule has 0 fully saturated rings. The summed E-state index contributed by atoms with van der Waals surface area (Å²) < 4.78 is 5.25. The number of carbonyl (C=O) groups is 1. The zero-order valence-corrected chi connectivity index (χ0v) is 12.1. The molecular formula is C18H16N2O2. The molecule has 1 amide bonds. The molecule has 1 aliphatic rings. The van der Waals surface area contributed by atoms with E-state index in [-0.39, 0.29) is 12.6 Å². The fourth-order valence-electron chi connectivity index (χ4n) is 2.74.